The third kappa shape index (κ3) is 2.51. The maximum atomic E-state index is 13.1. The molecule has 2 N–H and O–H groups in total. The predicted molar refractivity (Wildman–Crippen MR) is 69.6 cm³/mol. The van der Waals surface area contributed by atoms with Crippen LogP contribution in [-0.4, -0.2) is 16.6 Å². The van der Waals surface area contributed by atoms with Crippen LogP contribution in [0.1, 0.15) is 11.4 Å². The van der Waals surface area contributed by atoms with Crippen LogP contribution in [0, 0.1) is 5.82 Å². The minimum atomic E-state index is -0.260. The average Bonchev–Trinajstić information content (AvgIpc) is 2.74. The highest BCUT2D eigenvalue weighted by molar-refractivity contribution is 5.53. The van der Waals surface area contributed by atoms with E-state index in [2.05, 4.69) is 4.98 Å². The Bertz CT molecular complexity index is 536. The van der Waals surface area contributed by atoms with Gasteiger partial charge in [-0.15, -0.1) is 0 Å². The fourth-order valence-electron chi connectivity index (χ4n) is 1.94. The van der Waals surface area contributed by atoms with Crippen molar-refractivity contribution in [2.75, 3.05) is 11.9 Å². The molecule has 5 heteroatoms. The van der Waals surface area contributed by atoms with Gasteiger partial charge in [-0.1, -0.05) is 0 Å². The summed E-state index contributed by atoms with van der Waals surface area (Å²) in [5.41, 5.74) is 7.38. The summed E-state index contributed by atoms with van der Waals surface area (Å²) < 4.78 is 15.1. The number of anilines is 1. The van der Waals surface area contributed by atoms with Gasteiger partial charge in [-0.25, -0.2) is 9.37 Å². The summed E-state index contributed by atoms with van der Waals surface area (Å²) in [6.07, 6.45) is 3.66. The minimum Gasteiger partial charge on any atom is -0.367 e. The first-order valence-corrected chi connectivity index (χ1v) is 5.77. The fourth-order valence-corrected chi connectivity index (χ4v) is 1.94. The van der Waals surface area contributed by atoms with E-state index >= 15 is 0 Å². The molecule has 0 aliphatic carbocycles. The molecule has 2 aromatic rings. The Morgan fingerprint density at radius 2 is 2.22 bits per heavy atom. The maximum absolute atomic E-state index is 13.1. The molecule has 0 saturated heterocycles. The van der Waals surface area contributed by atoms with E-state index in [-0.39, 0.29) is 5.82 Å². The normalized spacial score (nSPS) is 10.7. The Hall–Kier alpha value is -1.88. The smallest absolute Gasteiger partial charge is 0.127 e. The molecule has 0 radical (unpaired) electrons. The standard InChI is InChI=1S/C13H17FN4/c1-17-6-5-16-13(17)9-18(2)12-4-3-11(14)7-10(12)8-15/h3-7H,8-9,15H2,1-2H3. The van der Waals surface area contributed by atoms with Crippen molar-refractivity contribution in [2.45, 2.75) is 13.1 Å². The van der Waals surface area contributed by atoms with E-state index < -0.39 is 0 Å². The first kappa shape index (κ1) is 12.6. The number of hydrogen-bond acceptors (Lipinski definition) is 3. The molecule has 1 heterocycles. The molecular formula is C13H17FN4. The number of nitrogens with two attached hydrogens (primary N) is 1. The van der Waals surface area contributed by atoms with E-state index in [0.717, 1.165) is 17.1 Å². The topological polar surface area (TPSA) is 47.1 Å². The highest BCUT2D eigenvalue weighted by Gasteiger charge is 2.10. The Balaban J connectivity index is 2.23. The van der Waals surface area contributed by atoms with Crippen LogP contribution in [0.5, 0.6) is 0 Å². The van der Waals surface area contributed by atoms with E-state index in [0.29, 0.717) is 13.1 Å². The molecule has 2 rings (SSSR count). The summed E-state index contributed by atoms with van der Waals surface area (Å²) in [4.78, 5) is 6.29. The average molecular weight is 248 g/mol. The first-order chi connectivity index (χ1) is 8.61. The van der Waals surface area contributed by atoms with Gasteiger partial charge in [-0.3, -0.25) is 0 Å². The molecule has 0 aliphatic heterocycles. The van der Waals surface area contributed by atoms with Gasteiger partial charge >= 0.3 is 0 Å². The second kappa shape index (κ2) is 5.18. The van der Waals surface area contributed by atoms with E-state index in [1.54, 1.807) is 12.3 Å². The molecule has 0 saturated carbocycles. The van der Waals surface area contributed by atoms with Gasteiger partial charge in [-0.2, -0.15) is 0 Å². The first-order valence-electron chi connectivity index (χ1n) is 5.77. The SMILES string of the molecule is CN(Cc1nccn1C)c1ccc(F)cc1CN. The van der Waals surface area contributed by atoms with Crippen LogP contribution in [0.2, 0.25) is 0 Å². The molecule has 1 aromatic carbocycles. The fraction of sp³-hybridized carbons (Fsp3) is 0.308. The van der Waals surface area contributed by atoms with Crippen molar-refractivity contribution in [2.24, 2.45) is 12.8 Å². The highest BCUT2D eigenvalue weighted by atomic mass is 19.1. The summed E-state index contributed by atoms with van der Waals surface area (Å²) in [6.45, 7) is 0.972. The summed E-state index contributed by atoms with van der Waals surface area (Å²) in [6, 6.07) is 4.67. The molecule has 0 bridgehead atoms. The van der Waals surface area contributed by atoms with Crippen LogP contribution in [0.3, 0.4) is 0 Å². The van der Waals surface area contributed by atoms with E-state index in [1.807, 2.05) is 29.8 Å². The molecule has 96 valence electrons. The molecule has 4 nitrogen and oxygen atoms in total. The molecule has 0 spiro atoms. The molecule has 0 amide bonds. The highest BCUT2D eigenvalue weighted by Crippen LogP contribution is 2.21. The molecule has 0 unspecified atom stereocenters. The van der Waals surface area contributed by atoms with Gasteiger partial charge in [0.2, 0.25) is 0 Å². The number of rotatable bonds is 4. The minimum absolute atomic E-state index is 0.260. The summed E-state index contributed by atoms with van der Waals surface area (Å²) in [7, 11) is 3.89. The molecular weight excluding hydrogens is 231 g/mol. The van der Waals surface area contributed by atoms with Crippen LogP contribution in [-0.2, 0) is 20.1 Å². The van der Waals surface area contributed by atoms with Gasteiger partial charge in [0.15, 0.2) is 0 Å². The predicted octanol–water partition coefficient (Wildman–Crippen LogP) is 1.65. The number of halogens is 1. The van der Waals surface area contributed by atoms with Gasteiger partial charge in [0.25, 0.3) is 0 Å². The molecule has 18 heavy (non-hydrogen) atoms. The maximum Gasteiger partial charge on any atom is 0.127 e. The third-order valence-corrected chi connectivity index (χ3v) is 2.97. The van der Waals surface area contributed by atoms with Crippen LogP contribution in [0.4, 0.5) is 10.1 Å². The Morgan fingerprint density at radius 3 is 2.83 bits per heavy atom. The number of aromatic nitrogens is 2. The van der Waals surface area contributed by atoms with Crippen molar-refractivity contribution in [1.29, 1.82) is 0 Å². The summed E-state index contributed by atoms with van der Waals surface area (Å²) >= 11 is 0. The van der Waals surface area contributed by atoms with Crippen molar-refractivity contribution in [3.8, 4) is 0 Å². The second-order valence-electron chi connectivity index (χ2n) is 4.29. The lowest BCUT2D eigenvalue weighted by Crippen LogP contribution is -2.21. The second-order valence-corrected chi connectivity index (χ2v) is 4.29. The Morgan fingerprint density at radius 1 is 1.44 bits per heavy atom. The Labute approximate surface area is 106 Å². The van der Waals surface area contributed by atoms with Crippen LogP contribution < -0.4 is 10.6 Å². The van der Waals surface area contributed by atoms with Gasteiger partial charge in [-0.05, 0) is 23.8 Å². The van der Waals surface area contributed by atoms with Gasteiger partial charge in [0.05, 0.1) is 6.54 Å². The van der Waals surface area contributed by atoms with Crippen molar-refractivity contribution in [1.82, 2.24) is 9.55 Å². The molecule has 1 aromatic heterocycles. The quantitative estimate of drug-likeness (QED) is 0.895. The zero-order valence-electron chi connectivity index (χ0n) is 10.6. The van der Waals surface area contributed by atoms with E-state index in [4.69, 9.17) is 5.73 Å². The lowest BCUT2D eigenvalue weighted by Gasteiger charge is -2.21. The van der Waals surface area contributed by atoms with Crippen LogP contribution in [0.15, 0.2) is 30.6 Å². The number of aryl methyl sites for hydroxylation is 1. The lowest BCUT2D eigenvalue weighted by molar-refractivity contribution is 0.625. The largest absolute Gasteiger partial charge is 0.367 e. The zero-order valence-corrected chi connectivity index (χ0v) is 10.6. The molecule has 0 atom stereocenters. The van der Waals surface area contributed by atoms with E-state index in [1.165, 1.54) is 12.1 Å². The number of nitrogens with zero attached hydrogens (tertiary/aromatic N) is 3. The summed E-state index contributed by atoms with van der Waals surface area (Å²) in [5, 5.41) is 0. The number of benzene rings is 1. The van der Waals surface area contributed by atoms with Crippen LogP contribution in [0.25, 0.3) is 0 Å². The number of hydrogen-bond donors (Lipinski definition) is 1. The molecule has 0 fully saturated rings. The third-order valence-electron chi connectivity index (χ3n) is 2.97. The van der Waals surface area contributed by atoms with Gasteiger partial charge in [0, 0.05) is 38.7 Å². The van der Waals surface area contributed by atoms with E-state index in [9.17, 15) is 4.39 Å². The van der Waals surface area contributed by atoms with Gasteiger partial charge < -0.3 is 15.2 Å². The van der Waals surface area contributed by atoms with Crippen molar-refractivity contribution >= 4 is 5.69 Å². The zero-order chi connectivity index (χ0) is 13.1. The van der Waals surface area contributed by atoms with Crippen molar-refractivity contribution in [3.63, 3.8) is 0 Å². The van der Waals surface area contributed by atoms with Crippen molar-refractivity contribution in [3.05, 3.63) is 47.8 Å². The Kier molecular flexibility index (Phi) is 3.62. The van der Waals surface area contributed by atoms with Crippen molar-refractivity contribution < 1.29 is 4.39 Å². The lowest BCUT2D eigenvalue weighted by atomic mass is 10.1. The van der Waals surface area contributed by atoms with Gasteiger partial charge in [0.1, 0.15) is 11.6 Å². The summed E-state index contributed by atoms with van der Waals surface area (Å²) in [5.74, 6) is 0.689. The molecule has 0 aliphatic rings. The van der Waals surface area contributed by atoms with Crippen LogP contribution >= 0.6 is 0 Å². The monoisotopic (exact) mass is 248 g/mol. The number of imidazole rings is 1.